The molecular weight excluding hydrogens is 232 g/mol. The van der Waals surface area contributed by atoms with Gasteiger partial charge in [0, 0.05) is 17.8 Å². The highest BCUT2D eigenvalue weighted by atomic mass is 32.1. The van der Waals surface area contributed by atoms with Crippen molar-refractivity contribution in [3.8, 4) is 0 Å². The van der Waals surface area contributed by atoms with Gasteiger partial charge >= 0.3 is 0 Å². The Morgan fingerprint density at radius 2 is 2.18 bits per heavy atom. The lowest BCUT2D eigenvalue weighted by Crippen LogP contribution is -2.42. The van der Waals surface area contributed by atoms with E-state index in [2.05, 4.69) is 4.90 Å². The lowest BCUT2D eigenvalue weighted by atomic mass is 10.0. The van der Waals surface area contributed by atoms with Gasteiger partial charge in [-0.25, -0.2) is 0 Å². The van der Waals surface area contributed by atoms with Crippen LogP contribution in [-0.2, 0) is 0 Å². The van der Waals surface area contributed by atoms with Crippen LogP contribution in [0.1, 0.15) is 24.8 Å². The van der Waals surface area contributed by atoms with Gasteiger partial charge in [-0.1, -0.05) is 24.4 Å². The van der Waals surface area contributed by atoms with Crippen LogP contribution in [0.15, 0.2) is 24.3 Å². The second-order valence-corrected chi connectivity index (χ2v) is 4.85. The van der Waals surface area contributed by atoms with E-state index in [0.717, 1.165) is 30.6 Å². The highest BCUT2D eigenvalue weighted by molar-refractivity contribution is 7.80. The molecule has 1 aromatic carbocycles. The molecule has 0 radical (unpaired) electrons. The highest BCUT2D eigenvalue weighted by Crippen LogP contribution is 2.27. The number of rotatable bonds is 3. The maximum absolute atomic E-state index is 9.45. The van der Waals surface area contributed by atoms with Crippen molar-refractivity contribution in [2.45, 2.75) is 25.3 Å². The molecule has 0 saturated carbocycles. The fraction of sp³-hybridized carbons (Fsp3) is 0.462. The molecular formula is C13H18N2OS. The number of nitrogens with two attached hydrogens (primary N) is 1. The maximum atomic E-state index is 9.45. The number of para-hydroxylation sites is 1. The molecule has 1 unspecified atom stereocenters. The van der Waals surface area contributed by atoms with Crippen LogP contribution in [0.4, 0.5) is 5.69 Å². The Kier molecular flexibility index (Phi) is 3.97. The lowest BCUT2D eigenvalue weighted by molar-refractivity contribution is 0.240. The van der Waals surface area contributed by atoms with E-state index in [9.17, 15) is 5.11 Å². The Bertz CT molecular complexity index is 408. The summed E-state index contributed by atoms with van der Waals surface area (Å²) in [6, 6.07) is 8.10. The SMILES string of the molecule is NC(=S)c1ccccc1N1CCCCC1CO. The van der Waals surface area contributed by atoms with E-state index >= 15 is 0 Å². The second-order valence-electron chi connectivity index (χ2n) is 4.41. The van der Waals surface area contributed by atoms with E-state index in [1.165, 1.54) is 6.42 Å². The topological polar surface area (TPSA) is 49.5 Å². The van der Waals surface area contributed by atoms with Gasteiger partial charge in [0.25, 0.3) is 0 Å². The predicted molar refractivity (Wildman–Crippen MR) is 74.4 cm³/mol. The number of benzene rings is 1. The molecule has 0 spiro atoms. The molecule has 0 aliphatic carbocycles. The van der Waals surface area contributed by atoms with Crippen molar-refractivity contribution in [2.75, 3.05) is 18.1 Å². The van der Waals surface area contributed by atoms with Crippen molar-refractivity contribution >= 4 is 22.9 Å². The highest BCUT2D eigenvalue weighted by Gasteiger charge is 2.23. The molecule has 92 valence electrons. The van der Waals surface area contributed by atoms with Crippen LogP contribution >= 0.6 is 12.2 Å². The van der Waals surface area contributed by atoms with E-state index in [1.807, 2.05) is 24.3 Å². The van der Waals surface area contributed by atoms with Crippen LogP contribution in [0.5, 0.6) is 0 Å². The first-order valence-electron chi connectivity index (χ1n) is 6.00. The third-order valence-corrected chi connectivity index (χ3v) is 3.54. The maximum Gasteiger partial charge on any atom is 0.106 e. The minimum absolute atomic E-state index is 0.186. The fourth-order valence-electron chi connectivity index (χ4n) is 2.44. The summed E-state index contributed by atoms with van der Waals surface area (Å²) < 4.78 is 0. The molecule has 1 heterocycles. The monoisotopic (exact) mass is 250 g/mol. The van der Waals surface area contributed by atoms with Gasteiger partial charge in [0.1, 0.15) is 4.99 Å². The standard InChI is InChI=1S/C13H18N2OS/c14-13(17)11-6-1-2-7-12(11)15-8-4-3-5-10(15)9-16/h1-2,6-7,10,16H,3-5,8-9H2,(H2,14,17). The summed E-state index contributed by atoms with van der Waals surface area (Å²) in [5.41, 5.74) is 7.71. The smallest absolute Gasteiger partial charge is 0.106 e. The van der Waals surface area contributed by atoms with E-state index < -0.39 is 0 Å². The van der Waals surface area contributed by atoms with Crippen LogP contribution in [0, 0.1) is 0 Å². The van der Waals surface area contributed by atoms with Gasteiger partial charge in [0.2, 0.25) is 0 Å². The first kappa shape index (κ1) is 12.3. The van der Waals surface area contributed by atoms with Gasteiger partial charge in [-0.15, -0.1) is 0 Å². The summed E-state index contributed by atoms with van der Waals surface area (Å²) >= 11 is 5.08. The van der Waals surface area contributed by atoms with Gasteiger partial charge in [-0.3, -0.25) is 0 Å². The number of thiocarbonyl (C=S) groups is 1. The average Bonchev–Trinajstić information content (AvgIpc) is 2.38. The Morgan fingerprint density at radius 3 is 2.88 bits per heavy atom. The van der Waals surface area contributed by atoms with Crippen LogP contribution < -0.4 is 10.6 Å². The Balaban J connectivity index is 2.34. The molecule has 0 bridgehead atoms. The van der Waals surface area contributed by atoms with Gasteiger partial charge < -0.3 is 15.7 Å². The number of anilines is 1. The van der Waals surface area contributed by atoms with Crippen molar-refractivity contribution in [3.05, 3.63) is 29.8 Å². The Morgan fingerprint density at radius 1 is 1.41 bits per heavy atom. The number of hydrogen-bond acceptors (Lipinski definition) is 3. The minimum atomic E-state index is 0.186. The van der Waals surface area contributed by atoms with Gasteiger partial charge in [-0.05, 0) is 31.4 Å². The first-order chi connectivity index (χ1) is 8.24. The summed E-state index contributed by atoms with van der Waals surface area (Å²) in [4.78, 5) is 2.65. The van der Waals surface area contributed by atoms with Crippen LogP contribution in [0.2, 0.25) is 0 Å². The normalized spacial score (nSPS) is 20.3. The largest absolute Gasteiger partial charge is 0.394 e. The zero-order valence-corrected chi connectivity index (χ0v) is 10.6. The molecule has 3 nitrogen and oxygen atoms in total. The average molecular weight is 250 g/mol. The minimum Gasteiger partial charge on any atom is -0.394 e. The fourth-order valence-corrected chi connectivity index (χ4v) is 2.61. The van der Waals surface area contributed by atoms with Gasteiger partial charge in [0.05, 0.1) is 12.6 Å². The Hall–Kier alpha value is -1.13. The molecule has 4 heteroatoms. The number of aliphatic hydroxyl groups excluding tert-OH is 1. The Labute approximate surface area is 107 Å². The molecule has 17 heavy (non-hydrogen) atoms. The molecule has 2 rings (SSSR count). The summed E-state index contributed by atoms with van der Waals surface area (Å²) in [5, 5.41) is 9.45. The van der Waals surface area contributed by atoms with Gasteiger partial charge in [-0.2, -0.15) is 0 Å². The molecule has 1 aliphatic rings. The van der Waals surface area contributed by atoms with Crippen molar-refractivity contribution < 1.29 is 5.11 Å². The first-order valence-corrected chi connectivity index (χ1v) is 6.41. The zero-order chi connectivity index (χ0) is 12.3. The van der Waals surface area contributed by atoms with Crippen molar-refractivity contribution in [1.82, 2.24) is 0 Å². The molecule has 1 aromatic rings. The van der Waals surface area contributed by atoms with E-state index in [1.54, 1.807) is 0 Å². The van der Waals surface area contributed by atoms with Crippen molar-refractivity contribution in [3.63, 3.8) is 0 Å². The number of hydrogen-bond donors (Lipinski definition) is 2. The predicted octanol–water partition coefficient (Wildman–Crippen LogP) is 1.67. The van der Waals surface area contributed by atoms with E-state index in [0.29, 0.717) is 4.99 Å². The zero-order valence-electron chi connectivity index (χ0n) is 9.80. The van der Waals surface area contributed by atoms with Crippen LogP contribution in [-0.4, -0.2) is 29.3 Å². The van der Waals surface area contributed by atoms with Crippen molar-refractivity contribution in [2.24, 2.45) is 5.73 Å². The molecule has 1 fully saturated rings. The third kappa shape index (κ3) is 2.58. The summed E-state index contributed by atoms with van der Waals surface area (Å²) in [6.45, 7) is 1.15. The van der Waals surface area contributed by atoms with E-state index in [-0.39, 0.29) is 12.6 Å². The number of aliphatic hydroxyl groups is 1. The van der Waals surface area contributed by atoms with Gasteiger partial charge in [0.15, 0.2) is 0 Å². The molecule has 1 aliphatic heterocycles. The molecule has 1 atom stereocenters. The quantitative estimate of drug-likeness (QED) is 0.801. The van der Waals surface area contributed by atoms with E-state index in [4.69, 9.17) is 18.0 Å². The van der Waals surface area contributed by atoms with Crippen molar-refractivity contribution in [1.29, 1.82) is 0 Å². The third-order valence-electron chi connectivity index (χ3n) is 3.32. The molecule has 0 aromatic heterocycles. The number of nitrogens with zero attached hydrogens (tertiary/aromatic N) is 1. The lowest BCUT2D eigenvalue weighted by Gasteiger charge is -2.37. The summed E-state index contributed by atoms with van der Waals surface area (Å²) in [6.07, 6.45) is 3.36. The summed E-state index contributed by atoms with van der Waals surface area (Å²) in [5.74, 6) is 0. The molecule has 1 saturated heterocycles. The van der Waals surface area contributed by atoms with Crippen LogP contribution in [0.25, 0.3) is 0 Å². The second kappa shape index (κ2) is 5.47. The summed E-state index contributed by atoms with van der Waals surface area (Å²) in [7, 11) is 0. The number of piperidine rings is 1. The molecule has 3 N–H and O–H groups in total. The van der Waals surface area contributed by atoms with Crippen LogP contribution in [0.3, 0.4) is 0 Å². The molecule has 0 amide bonds.